The van der Waals surface area contributed by atoms with Crippen molar-refractivity contribution in [2.75, 3.05) is 11.9 Å². The molecule has 1 amide bonds. The summed E-state index contributed by atoms with van der Waals surface area (Å²) < 4.78 is 1.69. The third-order valence-electron chi connectivity index (χ3n) is 3.24. The minimum absolute atomic E-state index is 0.0413. The zero-order valence-electron chi connectivity index (χ0n) is 10.7. The Labute approximate surface area is 102 Å². The third kappa shape index (κ3) is 2.85. The van der Waals surface area contributed by atoms with E-state index in [4.69, 9.17) is 0 Å². The SMILES string of the molecule is Cc1cc(NC(=O)C2CC(C)CCN2)n(C)n1. The van der Waals surface area contributed by atoms with Gasteiger partial charge in [-0.3, -0.25) is 9.48 Å². The van der Waals surface area contributed by atoms with Gasteiger partial charge in [0.05, 0.1) is 11.7 Å². The summed E-state index contributed by atoms with van der Waals surface area (Å²) in [7, 11) is 1.83. The molecule has 2 unspecified atom stereocenters. The number of aryl methyl sites for hydroxylation is 2. The molecule has 5 heteroatoms. The van der Waals surface area contributed by atoms with E-state index in [1.54, 1.807) is 4.68 Å². The molecule has 1 fully saturated rings. The largest absolute Gasteiger partial charge is 0.310 e. The Bertz CT molecular complexity index is 413. The second-order valence-electron chi connectivity index (χ2n) is 4.92. The molecule has 94 valence electrons. The summed E-state index contributed by atoms with van der Waals surface area (Å²) in [5.41, 5.74) is 0.910. The number of piperidine rings is 1. The highest BCUT2D eigenvalue weighted by atomic mass is 16.2. The number of hydrogen-bond donors (Lipinski definition) is 2. The lowest BCUT2D eigenvalue weighted by Gasteiger charge is -2.27. The molecule has 1 saturated heterocycles. The van der Waals surface area contributed by atoms with Gasteiger partial charge in [-0.25, -0.2) is 0 Å². The van der Waals surface area contributed by atoms with E-state index in [-0.39, 0.29) is 11.9 Å². The molecule has 0 aliphatic carbocycles. The van der Waals surface area contributed by atoms with E-state index in [9.17, 15) is 4.79 Å². The maximum absolute atomic E-state index is 12.1. The fourth-order valence-electron chi connectivity index (χ4n) is 2.25. The molecule has 1 aliphatic rings. The number of nitrogens with one attached hydrogen (secondary N) is 2. The van der Waals surface area contributed by atoms with Crippen LogP contribution in [0.1, 0.15) is 25.5 Å². The number of aromatic nitrogens is 2. The fourth-order valence-corrected chi connectivity index (χ4v) is 2.25. The van der Waals surface area contributed by atoms with Crippen molar-refractivity contribution >= 4 is 11.7 Å². The van der Waals surface area contributed by atoms with Crippen molar-refractivity contribution in [3.63, 3.8) is 0 Å². The van der Waals surface area contributed by atoms with Gasteiger partial charge in [-0.15, -0.1) is 0 Å². The normalized spacial score (nSPS) is 24.6. The molecule has 2 heterocycles. The molecule has 2 atom stereocenters. The molecule has 0 bridgehead atoms. The summed E-state index contributed by atoms with van der Waals surface area (Å²) in [5, 5.41) is 10.4. The Morgan fingerprint density at radius 1 is 1.65 bits per heavy atom. The topological polar surface area (TPSA) is 59.0 Å². The summed E-state index contributed by atoms with van der Waals surface area (Å²) in [4.78, 5) is 12.1. The quantitative estimate of drug-likeness (QED) is 0.807. The van der Waals surface area contributed by atoms with Gasteiger partial charge >= 0.3 is 0 Å². The number of hydrogen-bond acceptors (Lipinski definition) is 3. The monoisotopic (exact) mass is 236 g/mol. The van der Waals surface area contributed by atoms with Gasteiger partial charge in [-0.1, -0.05) is 6.92 Å². The van der Waals surface area contributed by atoms with E-state index in [0.717, 1.165) is 30.9 Å². The van der Waals surface area contributed by atoms with Crippen LogP contribution in [0.4, 0.5) is 5.82 Å². The summed E-state index contributed by atoms with van der Waals surface area (Å²) in [6.45, 7) is 5.02. The lowest BCUT2D eigenvalue weighted by molar-refractivity contribution is -0.119. The van der Waals surface area contributed by atoms with Crippen molar-refractivity contribution in [1.82, 2.24) is 15.1 Å². The van der Waals surface area contributed by atoms with Gasteiger partial charge in [0.1, 0.15) is 5.82 Å². The fraction of sp³-hybridized carbons (Fsp3) is 0.667. The molecular weight excluding hydrogens is 216 g/mol. The maximum Gasteiger partial charge on any atom is 0.242 e. The van der Waals surface area contributed by atoms with Gasteiger partial charge in [-0.05, 0) is 32.2 Å². The van der Waals surface area contributed by atoms with Gasteiger partial charge < -0.3 is 10.6 Å². The first-order valence-electron chi connectivity index (χ1n) is 6.11. The molecular formula is C12H20N4O. The molecule has 0 aromatic carbocycles. The molecule has 5 nitrogen and oxygen atoms in total. The highest BCUT2D eigenvalue weighted by molar-refractivity contribution is 5.94. The number of carbonyl (C=O) groups excluding carboxylic acids is 1. The molecule has 0 radical (unpaired) electrons. The van der Waals surface area contributed by atoms with Crippen LogP contribution in [0.3, 0.4) is 0 Å². The van der Waals surface area contributed by atoms with E-state index in [1.165, 1.54) is 0 Å². The first-order chi connectivity index (χ1) is 8.06. The van der Waals surface area contributed by atoms with E-state index >= 15 is 0 Å². The van der Waals surface area contributed by atoms with Crippen LogP contribution in [0.25, 0.3) is 0 Å². The highest BCUT2D eigenvalue weighted by Gasteiger charge is 2.24. The Kier molecular flexibility index (Phi) is 3.47. The summed E-state index contributed by atoms with van der Waals surface area (Å²) in [6, 6.07) is 1.80. The average Bonchev–Trinajstić information content (AvgIpc) is 2.57. The predicted molar refractivity (Wildman–Crippen MR) is 66.8 cm³/mol. The van der Waals surface area contributed by atoms with Crippen LogP contribution in [-0.4, -0.2) is 28.3 Å². The summed E-state index contributed by atoms with van der Waals surface area (Å²) in [5.74, 6) is 1.41. The molecule has 2 rings (SSSR count). The minimum atomic E-state index is -0.0750. The van der Waals surface area contributed by atoms with Gasteiger partial charge in [0.2, 0.25) is 5.91 Å². The summed E-state index contributed by atoms with van der Waals surface area (Å²) >= 11 is 0. The lowest BCUT2D eigenvalue weighted by Crippen LogP contribution is -2.45. The van der Waals surface area contributed by atoms with E-state index in [1.807, 2.05) is 20.0 Å². The first kappa shape index (κ1) is 12.1. The second kappa shape index (κ2) is 4.87. The molecule has 1 aliphatic heterocycles. The van der Waals surface area contributed by atoms with Crippen molar-refractivity contribution in [3.05, 3.63) is 11.8 Å². The van der Waals surface area contributed by atoms with Crippen LogP contribution in [-0.2, 0) is 11.8 Å². The zero-order valence-corrected chi connectivity index (χ0v) is 10.7. The van der Waals surface area contributed by atoms with Gasteiger partial charge in [-0.2, -0.15) is 5.10 Å². The first-order valence-corrected chi connectivity index (χ1v) is 6.11. The zero-order chi connectivity index (χ0) is 12.4. The third-order valence-corrected chi connectivity index (χ3v) is 3.24. The van der Waals surface area contributed by atoms with Crippen molar-refractivity contribution in [1.29, 1.82) is 0 Å². The highest BCUT2D eigenvalue weighted by Crippen LogP contribution is 2.16. The van der Waals surface area contributed by atoms with Crippen molar-refractivity contribution in [3.8, 4) is 0 Å². The average molecular weight is 236 g/mol. The van der Waals surface area contributed by atoms with Crippen LogP contribution < -0.4 is 10.6 Å². The number of carbonyl (C=O) groups is 1. The van der Waals surface area contributed by atoms with Crippen LogP contribution in [0.2, 0.25) is 0 Å². The molecule has 2 N–H and O–H groups in total. The number of nitrogens with zero attached hydrogens (tertiary/aromatic N) is 2. The molecule has 0 saturated carbocycles. The van der Waals surface area contributed by atoms with Gasteiger partial charge in [0, 0.05) is 13.1 Å². The van der Waals surface area contributed by atoms with Crippen LogP contribution in [0.15, 0.2) is 6.07 Å². The van der Waals surface area contributed by atoms with Crippen molar-refractivity contribution < 1.29 is 4.79 Å². The molecule has 17 heavy (non-hydrogen) atoms. The van der Waals surface area contributed by atoms with E-state index < -0.39 is 0 Å². The number of rotatable bonds is 2. The van der Waals surface area contributed by atoms with Crippen molar-refractivity contribution in [2.24, 2.45) is 13.0 Å². The van der Waals surface area contributed by atoms with Crippen LogP contribution in [0.5, 0.6) is 0 Å². The molecule has 0 spiro atoms. The predicted octanol–water partition coefficient (Wildman–Crippen LogP) is 1.06. The van der Waals surface area contributed by atoms with Gasteiger partial charge in [0.25, 0.3) is 0 Å². The van der Waals surface area contributed by atoms with Gasteiger partial charge in [0.15, 0.2) is 0 Å². The van der Waals surface area contributed by atoms with E-state index in [2.05, 4.69) is 22.7 Å². The Hall–Kier alpha value is -1.36. The molecule has 1 aromatic heterocycles. The maximum atomic E-state index is 12.1. The Morgan fingerprint density at radius 3 is 3.00 bits per heavy atom. The van der Waals surface area contributed by atoms with Crippen LogP contribution >= 0.6 is 0 Å². The Balaban J connectivity index is 1.99. The number of anilines is 1. The molecule has 1 aromatic rings. The van der Waals surface area contributed by atoms with Crippen LogP contribution in [0, 0.1) is 12.8 Å². The second-order valence-corrected chi connectivity index (χ2v) is 4.92. The smallest absolute Gasteiger partial charge is 0.242 e. The Morgan fingerprint density at radius 2 is 2.41 bits per heavy atom. The lowest BCUT2D eigenvalue weighted by atomic mass is 9.94. The summed E-state index contributed by atoms with van der Waals surface area (Å²) in [6.07, 6.45) is 2.05. The standard InChI is InChI=1S/C12H20N4O/c1-8-4-5-13-10(6-8)12(17)14-11-7-9(2)15-16(11)3/h7-8,10,13H,4-6H2,1-3H3,(H,14,17). The number of amides is 1. The minimum Gasteiger partial charge on any atom is -0.310 e. The van der Waals surface area contributed by atoms with E-state index in [0.29, 0.717) is 5.92 Å². The van der Waals surface area contributed by atoms with Crippen molar-refractivity contribution in [2.45, 2.75) is 32.7 Å².